The minimum absolute atomic E-state index is 0.533. The number of rotatable bonds is 2. The Bertz CT molecular complexity index is 545. The van der Waals surface area contributed by atoms with Crippen molar-refractivity contribution in [2.45, 2.75) is 0 Å². The molecular formula is C9H12N5OP. The first-order chi connectivity index (χ1) is 7.48. The van der Waals surface area contributed by atoms with Gasteiger partial charge in [0, 0.05) is 11.0 Å². The molecular weight excluding hydrogens is 225 g/mol. The van der Waals surface area contributed by atoms with Crippen LogP contribution in [0.15, 0.2) is 24.5 Å². The zero-order valence-electron chi connectivity index (χ0n) is 9.03. The molecule has 16 heavy (non-hydrogen) atoms. The minimum atomic E-state index is -2.39. The number of hydrogen-bond acceptors (Lipinski definition) is 5. The van der Waals surface area contributed by atoms with Crippen LogP contribution in [-0.4, -0.2) is 33.5 Å². The molecule has 0 saturated carbocycles. The lowest BCUT2D eigenvalue weighted by molar-refractivity contribution is 0.588. The lowest BCUT2D eigenvalue weighted by Crippen LogP contribution is -2.11. The fraction of sp³-hybridized carbons (Fsp3) is 0.222. The summed E-state index contributed by atoms with van der Waals surface area (Å²) in [7, 11) is -2.39. The summed E-state index contributed by atoms with van der Waals surface area (Å²) in [6, 6.07) is 5.25. The van der Waals surface area contributed by atoms with Crippen molar-refractivity contribution in [3.8, 4) is 5.69 Å². The van der Waals surface area contributed by atoms with Gasteiger partial charge in [0.05, 0.1) is 5.69 Å². The number of nitrogen functional groups attached to an aromatic ring is 1. The molecule has 7 heteroatoms. The summed E-state index contributed by atoms with van der Waals surface area (Å²) in [5.41, 5.74) is 7.08. The second-order valence-electron chi connectivity index (χ2n) is 3.85. The molecule has 0 unspecified atom stereocenters. The van der Waals surface area contributed by atoms with E-state index < -0.39 is 7.14 Å². The molecule has 0 aliphatic carbocycles. The average molecular weight is 237 g/mol. The van der Waals surface area contributed by atoms with Crippen LogP contribution in [0.4, 0.5) is 5.69 Å². The van der Waals surface area contributed by atoms with E-state index in [4.69, 9.17) is 5.73 Å². The molecule has 0 aliphatic rings. The Balaban J connectivity index is 2.57. The second-order valence-corrected chi connectivity index (χ2v) is 7.03. The summed E-state index contributed by atoms with van der Waals surface area (Å²) in [4.78, 5) is 0. The molecule has 0 saturated heterocycles. The topological polar surface area (TPSA) is 86.7 Å². The number of anilines is 1. The Labute approximate surface area is 92.8 Å². The lowest BCUT2D eigenvalue weighted by Gasteiger charge is -2.11. The molecule has 0 bridgehead atoms. The van der Waals surface area contributed by atoms with Crippen LogP contribution in [0.3, 0.4) is 0 Å². The maximum absolute atomic E-state index is 12.0. The van der Waals surface area contributed by atoms with Gasteiger partial charge >= 0.3 is 0 Å². The lowest BCUT2D eigenvalue weighted by atomic mass is 10.3. The van der Waals surface area contributed by atoms with Crippen LogP contribution >= 0.6 is 7.14 Å². The molecule has 0 radical (unpaired) electrons. The van der Waals surface area contributed by atoms with E-state index in [1.807, 2.05) is 0 Å². The van der Waals surface area contributed by atoms with Gasteiger partial charge < -0.3 is 10.3 Å². The summed E-state index contributed by atoms with van der Waals surface area (Å²) >= 11 is 0. The van der Waals surface area contributed by atoms with Crippen LogP contribution in [0.2, 0.25) is 0 Å². The van der Waals surface area contributed by atoms with Crippen molar-refractivity contribution in [1.29, 1.82) is 0 Å². The van der Waals surface area contributed by atoms with Gasteiger partial charge in [0.2, 0.25) is 0 Å². The third kappa shape index (κ3) is 1.97. The van der Waals surface area contributed by atoms with E-state index in [1.165, 1.54) is 11.0 Å². The summed E-state index contributed by atoms with van der Waals surface area (Å²) < 4.78 is 13.5. The summed E-state index contributed by atoms with van der Waals surface area (Å²) in [5.74, 6) is 0. The van der Waals surface area contributed by atoms with Crippen molar-refractivity contribution < 1.29 is 4.57 Å². The zero-order valence-corrected chi connectivity index (χ0v) is 9.93. The quantitative estimate of drug-likeness (QED) is 0.606. The van der Waals surface area contributed by atoms with Crippen LogP contribution in [0.25, 0.3) is 5.69 Å². The van der Waals surface area contributed by atoms with Crippen molar-refractivity contribution in [3.63, 3.8) is 0 Å². The standard InChI is InChI=1S/C9H12N5OP/c1-16(2,15)9-5-7(3-4-8(9)10)14-6-11-12-13-14/h3-6H,10H2,1-2H3. The van der Waals surface area contributed by atoms with Gasteiger partial charge in [-0.2, -0.15) is 0 Å². The Morgan fingerprint density at radius 1 is 1.38 bits per heavy atom. The van der Waals surface area contributed by atoms with E-state index in [9.17, 15) is 4.57 Å². The Morgan fingerprint density at radius 2 is 2.12 bits per heavy atom. The van der Waals surface area contributed by atoms with E-state index in [0.717, 1.165) is 5.69 Å². The first-order valence-corrected chi connectivity index (χ1v) is 7.27. The predicted molar refractivity (Wildman–Crippen MR) is 62.7 cm³/mol. The first-order valence-electron chi connectivity index (χ1n) is 4.67. The van der Waals surface area contributed by atoms with Crippen molar-refractivity contribution in [2.75, 3.05) is 19.1 Å². The fourth-order valence-corrected chi connectivity index (χ4v) is 2.56. The molecule has 0 spiro atoms. The molecule has 2 aromatic rings. The largest absolute Gasteiger partial charge is 0.398 e. The Morgan fingerprint density at radius 3 is 2.69 bits per heavy atom. The van der Waals surface area contributed by atoms with E-state index in [1.54, 1.807) is 31.5 Å². The van der Waals surface area contributed by atoms with Crippen molar-refractivity contribution in [3.05, 3.63) is 24.5 Å². The molecule has 6 nitrogen and oxygen atoms in total. The zero-order chi connectivity index (χ0) is 11.8. The number of aromatic nitrogens is 4. The van der Waals surface area contributed by atoms with Crippen molar-refractivity contribution >= 4 is 18.1 Å². The van der Waals surface area contributed by atoms with Gasteiger partial charge in [0.25, 0.3) is 0 Å². The van der Waals surface area contributed by atoms with Gasteiger partial charge in [-0.15, -0.1) is 5.10 Å². The molecule has 2 rings (SSSR count). The number of nitrogens with zero attached hydrogens (tertiary/aromatic N) is 4. The van der Waals surface area contributed by atoms with Crippen LogP contribution in [-0.2, 0) is 4.57 Å². The van der Waals surface area contributed by atoms with Crippen molar-refractivity contribution in [2.24, 2.45) is 0 Å². The van der Waals surface area contributed by atoms with Gasteiger partial charge in [-0.25, -0.2) is 4.68 Å². The highest BCUT2D eigenvalue weighted by Crippen LogP contribution is 2.37. The van der Waals surface area contributed by atoms with Gasteiger partial charge in [0.1, 0.15) is 13.5 Å². The summed E-state index contributed by atoms with van der Waals surface area (Å²) in [5, 5.41) is 11.5. The first kappa shape index (κ1) is 10.8. The van der Waals surface area contributed by atoms with E-state index in [0.29, 0.717) is 11.0 Å². The van der Waals surface area contributed by atoms with Crippen LogP contribution in [0, 0.1) is 0 Å². The highest BCUT2D eigenvalue weighted by atomic mass is 31.2. The monoisotopic (exact) mass is 237 g/mol. The fourth-order valence-electron chi connectivity index (χ4n) is 1.42. The summed E-state index contributed by atoms with van der Waals surface area (Å²) in [6.07, 6.45) is 1.48. The maximum atomic E-state index is 12.0. The third-order valence-corrected chi connectivity index (χ3v) is 3.76. The second kappa shape index (κ2) is 3.72. The van der Waals surface area contributed by atoms with Gasteiger partial charge in [-0.05, 0) is 42.0 Å². The molecule has 0 amide bonds. The smallest absolute Gasteiger partial charge is 0.143 e. The number of hydrogen-bond donors (Lipinski definition) is 1. The number of nitrogens with two attached hydrogens (primary N) is 1. The highest BCUT2D eigenvalue weighted by molar-refractivity contribution is 7.70. The predicted octanol–water partition coefficient (Wildman–Crippen LogP) is 0.492. The normalized spacial score (nSPS) is 11.6. The molecule has 2 N–H and O–H groups in total. The van der Waals surface area contributed by atoms with Gasteiger partial charge in [-0.3, -0.25) is 0 Å². The Kier molecular flexibility index (Phi) is 2.52. The van der Waals surface area contributed by atoms with Crippen LogP contribution < -0.4 is 11.0 Å². The summed E-state index contributed by atoms with van der Waals surface area (Å²) in [6.45, 7) is 3.37. The molecule has 1 aromatic heterocycles. The van der Waals surface area contributed by atoms with Crippen LogP contribution in [0.1, 0.15) is 0 Å². The number of benzene rings is 1. The molecule has 84 valence electrons. The minimum Gasteiger partial charge on any atom is -0.398 e. The van der Waals surface area contributed by atoms with Gasteiger partial charge in [-0.1, -0.05) is 0 Å². The number of tetrazole rings is 1. The average Bonchev–Trinajstić information content (AvgIpc) is 2.69. The van der Waals surface area contributed by atoms with Crippen LogP contribution in [0.5, 0.6) is 0 Å². The molecule has 0 fully saturated rings. The maximum Gasteiger partial charge on any atom is 0.143 e. The van der Waals surface area contributed by atoms with E-state index >= 15 is 0 Å². The molecule has 0 aliphatic heterocycles. The van der Waals surface area contributed by atoms with Crippen molar-refractivity contribution in [1.82, 2.24) is 20.2 Å². The van der Waals surface area contributed by atoms with E-state index in [-0.39, 0.29) is 0 Å². The SMILES string of the molecule is CP(C)(=O)c1cc(-n2cnnn2)ccc1N. The van der Waals surface area contributed by atoms with Gasteiger partial charge in [0.15, 0.2) is 0 Å². The highest BCUT2D eigenvalue weighted by Gasteiger charge is 2.15. The molecule has 1 aromatic carbocycles. The Hall–Kier alpha value is -1.68. The molecule has 1 heterocycles. The third-order valence-electron chi connectivity index (χ3n) is 2.21. The molecule has 0 atom stereocenters. The van der Waals surface area contributed by atoms with E-state index in [2.05, 4.69) is 15.5 Å².